The molecule has 0 unspecified atom stereocenters. The summed E-state index contributed by atoms with van der Waals surface area (Å²) >= 11 is 1.49. The number of thiazole rings is 1. The predicted octanol–water partition coefficient (Wildman–Crippen LogP) is 2.00. The van der Waals surface area contributed by atoms with Crippen LogP contribution >= 0.6 is 11.3 Å². The Labute approximate surface area is 101 Å². The van der Waals surface area contributed by atoms with E-state index in [1.165, 1.54) is 23.5 Å². The fourth-order valence-electron chi connectivity index (χ4n) is 1.29. The van der Waals surface area contributed by atoms with Crippen molar-refractivity contribution in [2.45, 2.75) is 6.61 Å². The van der Waals surface area contributed by atoms with E-state index in [-0.39, 0.29) is 11.3 Å². The molecule has 88 valence electrons. The molecular formula is C11H10N2O3S. The SMILES string of the molecule is Nc1cc(OCc2nccs2)ccc1C(=O)O. The quantitative estimate of drug-likeness (QED) is 0.810. The molecule has 2 rings (SSSR count). The number of anilines is 1. The summed E-state index contributed by atoms with van der Waals surface area (Å²) in [7, 11) is 0. The van der Waals surface area contributed by atoms with E-state index in [1.54, 1.807) is 12.3 Å². The molecule has 1 heterocycles. The van der Waals surface area contributed by atoms with E-state index in [9.17, 15) is 4.79 Å². The minimum atomic E-state index is -1.05. The average molecular weight is 250 g/mol. The van der Waals surface area contributed by atoms with Gasteiger partial charge in [-0.3, -0.25) is 0 Å². The first-order chi connectivity index (χ1) is 8.16. The zero-order valence-corrected chi connectivity index (χ0v) is 9.61. The second-order valence-corrected chi connectivity index (χ2v) is 4.25. The molecule has 0 aliphatic heterocycles. The Balaban J connectivity index is 2.07. The molecule has 0 radical (unpaired) electrons. The predicted molar refractivity (Wildman–Crippen MR) is 64.3 cm³/mol. The number of carboxylic acid groups (broad SMARTS) is 1. The maximum Gasteiger partial charge on any atom is 0.337 e. The second-order valence-electron chi connectivity index (χ2n) is 3.27. The molecule has 0 aliphatic rings. The number of ether oxygens (including phenoxy) is 1. The summed E-state index contributed by atoms with van der Waals surface area (Å²) in [5, 5.41) is 11.5. The van der Waals surface area contributed by atoms with Crippen molar-refractivity contribution in [1.82, 2.24) is 4.98 Å². The van der Waals surface area contributed by atoms with Crippen LogP contribution in [0.5, 0.6) is 5.75 Å². The van der Waals surface area contributed by atoms with Gasteiger partial charge < -0.3 is 15.6 Å². The number of aromatic carboxylic acids is 1. The number of benzene rings is 1. The third-order valence-electron chi connectivity index (χ3n) is 2.10. The summed E-state index contributed by atoms with van der Waals surface area (Å²) in [6.07, 6.45) is 1.70. The Morgan fingerprint density at radius 2 is 2.35 bits per heavy atom. The van der Waals surface area contributed by atoms with Crippen molar-refractivity contribution >= 4 is 23.0 Å². The Morgan fingerprint density at radius 3 is 2.94 bits per heavy atom. The molecule has 6 heteroatoms. The lowest BCUT2D eigenvalue weighted by Crippen LogP contribution is -2.03. The van der Waals surface area contributed by atoms with Crippen LogP contribution < -0.4 is 10.5 Å². The van der Waals surface area contributed by atoms with E-state index in [2.05, 4.69) is 4.98 Å². The highest BCUT2D eigenvalue weighted by Gasteiger charge is 2.08. The standard InChI is InChI=1S/C11H10N2O3S/c12-9-5-7(1-2-8(9)11(14)15)16-6-10-13-3-4-17-10/h1-5H,6,12H2,(H,14,15). The van der Waals surface area contributed by atoms with Gasteiger partial charge in [-0.2, -0.15) is 0 Å². The van der Waals surface area contributed by atoms with Gasteiger partial charge in [0.15, 0.2) is 0 Å². The molecule has 2 aromatic rings. The van der Waals surface area contributed by atoms with Crippen molar-refractivity contribution in [2.24, 2.45) is 0 Å². The molecule has 0 fully saturated rings. The van der Waals surface area contributed by atoms with Crippen LogP contribution in [0.1, 0.15) is 15.4 Å². The molecule has 0 spiro atoms. The van der Waals surface area contributed by atoms with Gasteiger partial charge in [0.05, 0.1) is 5.56 Å². The summed E-state index contributed by atoms with van der Waals surface area (Å²) in [6.45, 7) is 0.351. The highest BCUT2D eigenvalue weighted by atomic mass is 32.1. The van der Waals surface area contributed by atoms with Gasteiger partial charge in [-0.25, -0.2) is 9.78 Å². The number of carboxylic acids is 1. The van der Waals surface area contributed by atoms with Crippen LogP contribution in [0.2, 0.25) is 0 Å². The maximum atomic E-state index is 10.7. The molecule has 5 nitrogen and oxygen atoms in total. The van der Waals surface area contributed by atoms with Gasteiger partial charge in [-0.1, -0.05) is 0 Å². The molecule has 0 atom stereocenters. The molecule has 3 N–H and O–H groups in total. The third-order valence-corrected chi connectivity index (χ3v) is 2.85. The average Bonchev–Trinajstić information content (AvgIpc) is 2.78. The van der Waals surface area contributed by atoms with E-state index in [0.717, 1.165) is 5.01 Å². The zero-order chi connectivity index (χ0) is 12.3. The number of rotatable bonds is 4. The lowest BCUT2D eigenvalue weighted by Gasteiger charge is -2.06. The van der Waals surface area contributed by atoms with Crippen LogP contribution in [-0.2, 0) is 6.61 Å². The van der Waals surface area contributed by atoms with Gasteiger partial charge in [0.2, 0.25) is 0 Å². The largest absolute Gasteiger partial charge is 0.486 e. The molecular weight excluding hydrogens is 240 g/mol. The first kappa shape index (κ1) is 11.4. The smallest absolute Gasteiger partial charge is 0.337 e. The lowest BCUT2D eigenvalue weighted by atomic mass is 10.2. The van der Waals surface area contributed by atoms with E-state index < -0.39 is 5.97 Å². The Kier molecular flexibility index (Phi) is 3.24. The van der Waals surface area contributed by atoms with Crippen molar-refractivity contribution in [1.29, 1.82) is 0 Å². The summed E-state index contributed by atoms with van der Waals surface area (Å²) in [6, 6.07) is 4.50. The summed E-state index contributed by atoms with van der Waals surface area (Å²) in [4.78, 5) is 14.8. The molecule has 0 saturated heterocycles. The van der Waals surface area contributed by atoms with Gasteiger partial charge in [0, 0.05) is 23.3 Å². The Morgan fingerprint density at radius 1 is 1.53 bits per heavy atom. The molecule has 17 heavy (non-hydrogen) atoms. The Hall–Kier alpha value is -2.08. The minimum Gasteiger partial charge on any atom is -0.486 e. The zero-order valence-electron chi connectivity index (χ0n) is 8.79. The summed E-state index contributed by atoms with van der Waals surface area (Å²) < 4.78 is 5.44. The van der Waals surface area contributed by atoms with Gasteiger partial charge in [0.25, 0.3) is 0 Å². The van der Waals surface area contributed by atoms with Crippen LogP contribution in [0.15, 0.2) is 29.8 Å². The molecule has 0 amide bonds. The van der Waals surface area contributed by atoms with Gasteiger partial charge >= 0.3 is 5.97 Å². The molecule has 1 aromatic heterocycles. The van der Waals surface area contributed by atoms with Gasteiger partial charge in [-0.15, -0.1) is 11.3 Å². The molecule has 0 saturated carbocycles. The number of nitrogens with two attached hydrogens (primary N) is 1. The number of hydrogen-bond acceptors (Lipinski definition) is 5. The number of aromatic nitrogens is 1. The fraction of sp³-hybridized carbons (Fsp3) is 0.0909. The monoisotopic (exact) mass is 250 g/mol. The summed E-state index contributed by atoms with van der Waals surface area (Å²) in [5.74, 6) is -0.517. The van der Waals surface area contributed by atoms with Gasteiger partial charge in [0.1, 0.15) is 17.4 Å². The van der Waals surface area contributed by atoms with Gasteiger partial charge in [-0.05, 0) is 12.1 Å². The molecule has 0 aliphatic carbocycles. The number of carbonyl (C=O) groups is 1. The van der Waals surface area contributed by atoms with Crippen molar-refractivity contribution in [3.8, 4) is 5.75 Å². The van der Waals surface area contributed by atoms with Crippen molar-refractivity contribution in [3.05, 3.63) is 40.3 Å². The van der Waals surface area contributed by atoms with Crippen LogP contribution in [0.4, 0.5) is 5.69 Å². The third kappa shape index (κ3) is 2.73. The topological polar surface area (TPSA) is 85.4 Å². The van der Waals surface area contributed by atoms with E-state index >= 15 is 0 Å². The number of nitrogen functional groups attached to an aromatic ring is 1. The Bertz CT molecular complexity index is 526. The second kappa shape index (κ2) is 4.84. The van der Waals surface area contributed by atoms with E-state index in [4.69, 9.17) is 15.6 Å². The van der Waals surface area contributed by atoms with E-state index in [1.807, 2.05) is 5.38 Å². The van der Waals surface area contributed by atoms with Crippen LogP contribution in [0, 0.1) is 0 Å². The highest BCUT2D eigenvalue weighted by Crippen LogP contribution is 2.21. The number of nitrogens with zero attached hydrogens (tertiary/aromatic N) is 1. The van der Waals surface area contributed by atoms with Crippen molar-refractivity contribution < 1.29 is 14.6 Å². The van der Waals surface area contributed by atoms with E-state index in [0.29, 0.717) is 12.4 Å². The highest BCUT2D eigenvalue weighted by molar-refractivity contribution is 7.09. The maximum absolute atomic E-state index is 10.7. The minimum absolute atomic E-state index is 0.0756. The van der Waals surface area contributed by atoms with Crippen LogP contribution in [0.3, 0.4) is 0 Å². The van der Waals surface area contributed by atoms with Crippen molar-refractivity contribution in [2.75, 3.05) is 5.73 Å². The van der Waals surface area contributed by atoms with Crippen LogP contribution in [0.25, 0.3) is 0 Å². The number of hydrogen-bond donors (Lipinski definition) is 2. The normalized spacial score (nSPS) is 10.1. The molecule has 0 bridgehead atoms. The molecule has 1 aromatic carbocycles. The summed E-state index contributed by atoms with van der Waals surface area (Å²) in [5.41, 5.74) is 5.86. The van der Waals surface area contributed by atoms with Crippen molar-refractivity contribution in [3.63, 3.8) is 0 Å². The first-order valence-corrected chi connectivity index (χ1v) is 5.69. The first-order valence-electron chi connectivity index (χ1n) is 4.81. The lowest BCUT2D eigenvalue weighted by molar-refractivity contribution is 0.0698. The van der Waals surface area contributed by atoms with Crippen LogP contribution in [-0.4, -0.2) is 16.1 Å². The fourth-order valence-corrected chi connectivity index (χ4v) is 1.82.